The third-order valence-electron chi connectivity index (χ3n) is 6.69. The predicted molar refractivity (Wildman–Crippen MR) is 112 cm³/mol. The number of urea groups is 1. The number of aromatic nitrogens is 1. The van der Waals surface area contributed by atoms with Crippen molar-refractivity contribution in [3.8, 4) is 0 Å². The van der Waals surface area contributed by atoms with E-state index in [9.17, 15) is 9.59 Å². The third-order valence-corrected chi connectivity index (χ3v) is 6.69. The number of pyridine rings is 1. The molecular weight excluding hydrogens is 368 g/mol. The standard InChI is InChI=1S/C21H32N6O2/c1-22-20(28)19-8-7-17(13-23-19)24(2)18-14-27(15-18)21(29)26-10-4-9-25(11-12-26)16-5-3-6-16/h7-8,13,16,18H,3-6,9-12,14-15H2,1-2H3,(H,22,28). The molecule has 0 radical (unpaired) electrons. The topological polar surface area (TPSA) is 72.0 Å². The molecule has 0 spiro atoms. The van der Waals surface area contributed by atoms with Crippen molar-refractivity contribution in [3.63, 3.8) is 0 Å². The molecule has 3 amide bonds. The monoisotopic (exact) mass is 400 g/mol. The van der Waals surface area contributed by atoms with Gasteiger partial charge in [-0.15, -0.1) is 0 Å². The number of carbonyl (C=O) groups is 2. The Hall–Kier alpha value is -2.35. The minimum atomic E-state index is -0.187. The number of likely N-dealkylation sites (N-methyl/N-ethyl adjacent to an activating group) is 1. The number of carbonyl (C=O) groups excluding carboxylic acids is 2. The largest absolute Gasteiger partial charge is 0.367 e. The smallest absolute Gasteiger partial charge is 0.320 e. The molecule has 158 valence electrons. The van der Waals surface area contributed by atoms with E-state index in [0.717, 1.165) is 57.4 Å². The molecule has 4 rings (SSSR count). The van der Waals surface area contributed by atoms with Crippen LogP contribution in [-0.4, -0.2) is 97.1 Å². The van der Waals surface area contributed by atoms with Crippen molar-refractivity contribution in [1.82, 2.24) is 25.0 Å². The van der Waals surface area contributed by atoms with Crippen LogP contribution in [0.1, 0.15) is 36.2 Å². The first-order chi connectivity index (χ1) is 14.1. The van der Waals surface area contributed by atoms with Gasteiger partial charge >= 0.3 is 6.03 Å². The van der Waals surface area contributed by atoms with Crippen LogP contribution in [-0.2, 0) is 0 Å². The second-order valence-corrected chi connectivity index (χ2v) is 8.39. The second-order valence-electron chi connectivity index (χ2n) is 8.39. The summed E-state index contributed by atoms with van der Waals surface area (Å²) in [7, 11) is 3.62. The Kier molecular flexibility index (Phi) is 5.89. The lowest BCUT2D eigenvalue weighted by Crippen LogP contribution is -2.63. The highest BCUT2D eigenvalue weighted by Gasteiger charge is 2.37. The normalized spacial score (nSPS) is 21.2. The maximum absolute atomic E-state index is 12.9. The SMILES string of the molecule is CNC(=O)c1ccc(N(C)C2CN(C(=O)N3CCCN(C4CCC4)CC3)C2)cn1. The van der Waals surface area contributed by atoms with Gasteiger partial charge in [-0.1, -0.05) is 6.42 Å². The van der Waals surface area contributed by atoms with Gasteiger partial charge in [-0.25, -0.2) is 9.78 Å². The number of rotatable bonds is 4. The molecule has 0 atom stereocenters. The van der Waals surface area contributed by atoms with Crippen LogP contribution in [0.15, 0.2) is 18.3 Å². The molecule has 3 heterocycles. The van der Waals surface area contributed by atoms with Crippen LogP contribution >= 0.6 is 0 Å². The number of hydrogen-bond acceptors (Lipinski definition) is 5. The molecule has 29 heavy (non-hydrogen) atoms. The molecule has 2 aliphatic heterocycles. The van der Waals surface area contributed by atoms with Gasteiger partial charge in [0.2, 0.25) is 0 Å². The molecule has 3 fully saturated rings. The average Bonchev–Trinajstić information content (AvgIpc) is 2.91. The molecule has 1 aromatic rings. The van der Waals surface area contributed by atoms with Gasteiger partial charge in [-0.2, -0.15) is 0 Å². The van der Waals surface area contributed by atoms with Gasteiger partial charge in [0, 0.05) is 59.4 Å². The number of amides is 3. The molecule has 0 aromatic carbocycles. The van der Waals surface area contributed by atoms with E-state index in [2.05, 4.69) is 20.1 Å². The fourth-order valence-electron chi connectivity index (χ4n) is 4.37. The highest BCUT2D eigenvalue weighted by molar-refractivity contribution is 5.92. The lowest BCUT2D eigenvalue weighted by atomic mass is 9.91. The van der Waals surface area contributed by atoms with Crippen molar-refractivity contribution in [1.29, 1.82) is 0 Å². The molecule has 0 unspecified atom stereocenters. The van der Waals surface area contributed by atoms with Crippen molar-refractivity contribution in [2.75, 3.05) is 58.3 Å². The molecule has 2 saturated heterocycles. The maximum atomic E-state index is 12.9. The van der Waals surface area contributed by atoms with Crippen molar-refractivity contribution in [3.05, 3.63) is 24.0 Å². The van der Waals surface area contributed by atoms with Gasteiger partial charge in [0.1, 0.15) is 5.69 Å². The van der Waals surface area contributed by atoms with E-state index in [1.165, 1.54) is 19.3 Å². The summed E-state index contributed by atoms with van der Waals surface area (Å²) >= 11 is 0. The zero-order valence-corrected chi connectivity index (χ0v) is 17.5. The Morgan fingerprint density at radius 1 is 1.07 bits per heavy atom. The fraction of sp³-hybridized carbons (Fsp3) is 0.667. The third kappa shape index (κ3) is 4.17. The van der Waals surface area contributed by atoms with E-state index in [0.29, 0.717) is 5.69 Å². The van der Waals surface area contributed by atoms with Gasteiger partial charge in [-0.05, 0) is 31.4 Å². The Morgan fingerprint density at radius 3 is 2.48 bits per heavy atom. The number of anilines is 1. The summed E-state index contributed by atoms with van der Waals surface area (Å²) in [5.74, 6) is -0.187. The van der Waals surface area contributed by atoms with E-state index < -0.39 is 0 Å². The lowest BCUT2D eigenvalue weighted by Gasteiger charge is -2.46. The minimum absolute atomic E-state index is 0.179. The minimum Gasteiger partial charge on any atom is -0.367 e. The van der Waals surface area contributed by atoms with Gasteiger partial charge in [0.15, 0.2) is 0 Å². The van der Waals surface area contributed by atoms with Crippen molar-refractivity contribution in [2.45, 2.75) is 37.8 Å². The lowest BCUT2D eigenvalue weighted by molar-refractivity contribution is 0.0958. The number of hydrogen-bond donors (Lipinski definition) is 1. The molecule has 1 N–H and O–H groups in total. The van der Waals surface area contributed by atoms with Crippen LogP contribution in [0.25, 0.3) is 0 Å². The Balaban J connectivity index is 1.26. The number of nitrogens with one attached hydrogen (secondary N) is 1. The first-order valence-corrected chi connectivity index (χ1v) is 10.8. The zero-order chi connectivity index (χ0) is 20.4. The summed E-state index contributed by atoms with van der Waals surface area (Å²) in [6.45, 7) is 5.31. The quantitative estimate of drug-likeness (QED) is 0.823. The van der Waals surface area contributed by atoms with E-state index in [4.69, 9.17) is 0 Å². The van der Waals surface area contributed by atoms with E-state index in [-0.39, 0.29) is 18.0 Å². The second kappa shape index (κ2) is 8.57. The van der Waals surface area contributed by atoms with Crippen LogP contribution in [0.4, 0.5) is 10.5 Å². The van der Waals surface area contributed by atoms with Crippen molar-refractivity contribution < 1.29 is 9.59 Å². The van der Waals surface area contributed by atoms with Gasteiger partial charge in [0.05, 0.1) is 17.9 Å². The zero-order valence-electron chi connectivity index (χ0n) is 17.5. The molecule has 8 heteroatoms. The molecule has 1 saturated carbocycles. The maximum Gasteiger partial charge on any atom is 0.320 e. The van der Waals surface area contributed by atoms with Gasteiger partial charge in [0.25, 0.3) is 5.91 Å². The summed E-state index contributed by atoms with van der Waals surface area (Å²) in [6.07, 6.45) is 6.80. The highest BCUT2D eigenvalue weighted by Crippen LogP contribution is 2.26. The van der Waals surface area contributed by atoms with E-state index in [1.807, 2.05) is 22.9 Å². The van der Waals surface area contributed by atoms with E-state index >= 15 is 0 Å². The fourth-order valence-corrected chi connectivity index (χ4v) is 4.37. The van der Waals surface area contributed by atoms with E-state index in [1.54, 1.807) is 19.3 Å². The van der Waals surface area contributed by atoms with Crippen LogP contribution in [0, 0.1) is 0 Å². The highest BCUT2D eigenvalue weighted by atomic mass is 16.2. The van der Waals surface area contributed by atoms with Crippen LogP contribution in [0.2, 0.25) is 0 Å². The Labute approximate surface area is 172 Å². The summed E-state index contributed by atoms with van der Waals surface area (Å²) < 4.78 is 0. The van der Waals surface area contributed by atoms with Crippen LogP contribution in [0.3, 0.4) is 0 Å². The summed E-state index contributed by atoms with van der Waals surface area (Å²) in [5, 5.41) is 2.58. The summed E-state index contributed by atoms with van der Waals surface area (Å²) in [5.41, 5.74) is 1.37. The average molecular weight is 401 g/mol. The van der Waals surface area contributed by atoms with Crippen LogP contribution in [0.5, 0.6) is 0 Å². The molecule has 3 aliphatic rings. The summed E-state index contributed by atoms with van der Waals surface area (Å²) in [6, 6.07) is 4.86. The Bertz CT molecular complexity index is 729. The van der Waals surface area contributed by atoms with Crippen LogP contribution < -0.4 is 10.2 Å². The molecule has 1 aromatic heterocycles. The first-order valence-electron chi connectivity index (χ1n) is 10.8. The predicted octanol–water partition coefficient (Wildman–Crippen LogP) is 1.24. The molecule has 8 nitrogen and oxygen atoms in total. The Morgan fingerprint density at radius 2 is 1.86 bits per heavy atom. The molecule has 1 aliphatic carbocycles. The van der Waals surface area contributed by atoms with Crippen molar-refractivity contribution >= 4 is 17.6 Å². The molecule has 0 bridgehead atoms. The van der Waals surface area contributed by atoms with Crippen molar-refractivity contribution in [2.24, 2.45) is 0 Å². The number of nitrogens with zero attached hydrogens (tertiary/aromatic N) is 5. The van der Waals surface area contributed by atoms with Gasteiger partial charge in [-0.3, -0.25) is 9.69 Å². The van der Waals surface area contributed by atoms with Gasteiger partial charge < -0.3 is 20.0 Å². The first kappa shape index (κ1) is 19.9. The number of likely N-dealkylation sites (tertiary alicyclic amines) is 1. The molecular formula is C21H32N6O2. The summed E-state index contributed by atoms with van der Waals surface area (Å²) in [4.78, 5) is 37.5.